The topological polar surface area (TPSA) is 66.4 Å². The van der Waals surface area contributed by atoms with Crippen LogP contribution in [-0.2, 0) is 9.59 Å². The maximum Gasteiger partial charge on any atom is 0.307 e. The first-order valence-electron chi connectivity index (χ1n) is 5.36. The van der Waals surface area contributed by atoms with E-state index in [1.165, 1.54) is 0 Å². The molecule has 5 heteroatoms. The molecular formula is C11H16ClNO3. The molecule has 16 heavy (non-hydrogen) atoms. The molecule has 4 nitrogen and oxygen atoms in total. The number of amides is 1. The SMILES string of the molecule is C=C(Cl)CNC(=O)[C@@H]1CCCC[C@@H]1C(=O)O. The molecule has 2 atom stereocenters. The molecule has 0 saturated heterocycles. The van der Waals surface area contributed by atoms with Crippen molar-refractivity contribution in [2.45, 2.75) is 25.7 Å². The molecule has 1 aliphatic carbocycles. The highest BCUT2D eigenvalue weighted by atomic mass is 35.5. The zero-order chi connectivity index (χ0) is 12.1. The number of rotatable bonds is 4. The molecule has 0 heterocycles. The summed E-state index contributed by atoms with van der Waals surface area (Å²) in [5, 5.41) is 12.0. The number of aliphatic carboxylic acids is 1. The van der Waals surface area contributed by atoms with Crippen molar-refractivity contribution in [3.8, 4) is 0 Å². The summed E-state index contributed by atoms with van der Waals surface area (Å²) in [5.74, 6) is -2.10. The molecule has 1 rings (SSSR count). The van der Waals surface area contributed by atoms with Crippen LogP contribution in [0.5, 0.6) is 0 Å². The lowest BCUT2D eigenvalue weighted by atomic mass is 9.79. The summed E-state index contributed by atoms with van der Waals surface area (Å²) in [5.41, 5.74) is 0. The minimum Gasteiger partial charge on any atom is -0.481 e. The van der Waals surface area contributed by atoms with Crippen LogP contribution in [0.15, 0.2) is 11.6 Å². The van der Waals surface area contributed by atoms with Crippen molar-refractivity contribution < 1.29 is 14.7 Å². The zero-order valence-electron chi connectivity index (χ0n) is 9.04. The largest absolute Gasteiger partial charge is 0.481 e. The Bertz CT molecular complexity index is 304. The van der Waals surface area contributed by atoms with E-state index in [0.29, 0.717) is 17.9 Å². The van der Waals surface area contributed by atoms with Crippen molar-refractivity contribution in [1.29, 1.82) is 0 Å². The second-order valence-electron chi connectivity index (χ2n) is 4.07. The fourth-order valence-electron chi connectivity index (χ4n) is 2.05. The first-order chi connectivity index (χ1) is 7.52. The van der Waals surface area contributed by atoms with Crippen LogP contribution in [0.1, 0.15) is 25.7 Å². The minimum atomic E-state index is -0.885. The molecule has 0 aromatic heterocycles. The summed E-state index contributed by atoms with van der Waals surface area (Å²) in [6.07, 6.45) is 3.00. The third-order valence-electron chi connectivity index (χ3n) is 2.87. The molecule has 1 amide bonds. The quantitative estimate of drug-likeness (QED) is 0.793. The van der Waals surface area contributed by atoms with Gasteiger partial charge >= 0.3 is 5.97 Å². The van der Waals surface area contributed by atoms with Gasteiger partial charge in [-0.1, -0.05) is 31.0 Å². The van der Waals surface area contributed by atoms with Gasteiger partial charge < -0.3 is 10.4 Å². The molecule has 0 radical (unpaired) electrons. The molecule has 2 N–H and O–H groups in total. The Balaban J connectivity index is 2.57. The van der Waals surface area contributed by atoms with E-state index in [1.807, 2.05) is 0 Å². The van der Waals surface area contributed by atoms with Crippen molar-refractivity contribution in [2.75, 3.05) is 6.54 Å². The van der Waals surface area contributed by atoms with Gasteiger partial charge in [0, 0.05) is 5.03 Å². The van der Waals surface area contributed by atoms with E-state index in [4.69, 9.17) is 16.7 Å². The summed E-state index contributed by atoms with van der Waals surface area (Å²) in [7, 11) is 0. The Labute approximate surface area is 99.7 Å². The number of halogens is 1. The molecule has 0 spiro atoms. The van der Waals surface area contributed by atoms with Gasteiger partial charge in [0.1, 0.15) is 0 Å². The van der Waals surface area contributed by atoms with Crippen LogP contribution in [0.3, 0.4) is 0 Å². The fourth-order valence-corrected chi connectivity index (χ4v) is 2.12. The molecule has 1 fully saturated rings. The molecule has 0 aliphatic heterocycles. The van der Waals surface area contributed by atoms with E-state index >= 15 is 0 Å². The van der Waals surface area contributed by atoms with Gasteiger partial charge in [-0.25, -0.2) is 0 Å². The number of carbonyl (C=O) groups is 2. The predicted molar refractivity (Wildman–Crippen MR) is 61.1 cm³/mol. The van der Waals surface area contributed by atoms with Gasteiger partial charge in [-0.05, 0) is 12.8 Å². The van der Waals surface area contributed by atoms with Crippen LogP contribution < -0.4 is 5.32 Å². The second kappa shape index (κ2) is 5.89. The van der Waals surface area contributed by atoms with E-state index in [9.17, 15) is 9.59 Å². The van der Waals surface area contributed by atoms with Gasteiger partial charge in [-0.2, -0.15) is 0 Å². The van der Waals surface area contributed by atoms with E-state index in [0.717, 1.165) is 12.8 Å². The summed E-state index contributed by atoms with van der Waals surface area (Å²) >= 11 is 5.53. The monoisotopic (exact) mass is 245 g/mol. The van der Waals surface area contributed by atoms with Crippen LogP contribution in [0.25, 0.3) is 0 Å². The maximum absolute atomic E-state index is 11.7. The first-order valence-corrected chi connectivity index (χ1v) is 5.74. The molecule has 0 unspecified atom stereocenters. The summed E-state index contributed by atoms with van der Waals surface area (Å²) in [6.45, 7) is 3.66. The molecule has 0 aromatic rings. The molecule has 1 aliphatic rings. The molecular weight excluding hydrogens is 230 g/mol. The second-order valence-corrected chi connectivity index (χ2v) is 4.61. The smallest absolute Gasteiger partial charge is 0.307 e. The number of hydrogen-bond acceptors (Lipinski definition) is 2. The average Bonchev–Trinajstić information content (AvgIpc) is 2.25. The van der Waals surface area contributed by atoms with Gasteiger partial charge in [-0.15, -0.1) is 0 Å². The van der Waals surface area contributed by atoms with E-state index in [2.05, 4.69) is 11.9 Å². The zero-order valence-corrected chi connectivity index (χ0v) is 9.79. The molecule has 0 bridgehead atoms. The lowest BCUT2D eigenvalue weighted by molar-refractivity contribution is -0.148. The van der Waals surface area contributed by atoms with Crippen molar-refractivity contribution in [3.05, 3.63) is 11.6 Å². The van der Waals surface area contributed by atoms with E-state index in [1.54, 1.807) is 0 Å². The third-order valence-corrected chi connectivity index (χ3v) is 3.01. The molecule has 90 valence electrons. The van der Waals surface area contributed by atoms with Crippen LogP contribution in [0, 0.1) is 11.8 Å². The van der Waals surface area contributed by atoms with Gasteiger partial charge in [0.25, 0.3) is 0 Å². The van der Waals surface area contributed by atoms with Crippen LogP contribution >= 0.6 is 11.6 Å². The van der Waals surface area contributed by atoms with Gasteiger partial charge in [0.05, 0.1) is 18.4 Å². The molecule has 0 aromatic carbocycles. The van der Waals surface area contributed by atoms with Gasteiger partial charge in [-0.3, -0.25) is 9.59 Å². The Kier molecular flexibility index (Phi) is 4.80. The number of carboxylic acid groups (broad SMARTS) is 1. The third kappa shape index (κ3) is 3.52. The Morgan fingerprint density at radius 1 is 1.31 bits per heavy atom. The minimum absolute atomic E-state index is 0.198. The van der Waals surface area contributed by atoms with Crippen LogP contribution in [0.2, 0.25) is 0 Å². The summed E-state index contributed by atoms with van der Waals surface area (Å²) < 4.78 is 0. The van der Waals surface area contributed by atoms with Crippen LogP contribution in [-0.4, -0.2) is 23.5 Å². The van der Waals surface area contributed by atoms with Gasteiger partial charge in [0.15, 0.2) is 0 Å². The Hall–Kier alpha value is -1.03. The Morgan fingerprint density at radius 2 is 1.88 bits per heavy atom. The average molecular weight is 246 g/mol. The number of nitrogens with one attached hydrogen (secondary N) is 1. The summed E-state index contributed by atoms with van der Waals surface area (Å²) in [6, 6.07) is 0. The van der Waals surface area contributed by atoms with Crippen molar-refractivity contribution in [2.24, 2.45) is 11.8 Å². The lowest BCUT2D eigenvalue weighted by Crippen LogP contribution is -2.40. The maximum atomic E-state index is 11.7. The van der Waals surface area contributed by atoms with Gasteiger partial charge in [0.2, 0.25) is 5.91 Å². The van der Waals surface area contributed by atoms with E-state index < -0.39 is 17.8 Å². The number of hydrogen-bond donors (Lipinski definition) is 2. The molecule has 1 saturated carbocycles. The van der Waals surface area contributed by atoms with Crippen molar-refractivity contribution >= 4 is 23.5 Å². The van der Waals surface area contributed by atoms with Crippen molar-refractivity contribution in [3.63, 3.8) is 0 Å². The number of carbonyl (C=O) groups excluding carboxylic acids is 1. The number of carboxylic acids is 1. The van der Waals surface area contributed by atoms with Crippen molar-refractivity contribution in [1.82, 2.24) is 5.32 Å². The normalized spacial score (nSPS) is 24.8. The fraction of sp³-hybridized carbons (Fsp3) is 0.636. The summed E-state index contributed by atoms with van der Waals surface area (Å²) in [4.78, 5) is 22.7. The standard InChI is InChI=1S/C11H16ClNO3/c1-7(12)6-13-10(14)8-4-2-3-5-9(8)11(15)16/h8-9H,1-6H2,(H,13,14)(H,15,16)/t8-,9+/m1/s1. The highest BCUT2D eigenvalue weighted by molar-refractivity contribution is 6.29. The predicted octanol–water partition coefficient (Wildman–Crippen LogP) is 1.75. The highest BCUT2D eigenvalue weighted by Gasteiger charge is 2.35. The lowest BCUT2D eigenvalue weighted by Gasteiger charge is -2.27. The van der Waals surface area contributed by atoms with Crippen LogP contribution in [0.4, 0.5) is 0 Å². The Morgan fingerprint density at radius 3 is 2.38 bits per heavy atom. The highest BCUT2D eigenvalue weighted by Crippen LogP contribution is 2.30. The first kappa shape index (κ1) is 13.0. The van der Waals surface area contributed by atoms with E-state index in [-0.39, 0.29) is 12.5 Å².